The molecule has 0 aromatic heterocycles. The SMILES string of the molecule is COc1cccc(NC(=S)N2CCC[C@@H]2c2ccc(OC)cc2OC)c1. The summed E-state index contributed by atoms with van der Waals surface area (Å²) in [6, 6.07) is 13.9. The number of thiocarbonyl (C=S) groups is 1. The summed E-state index contributed by atoms with van der Waals surface area (Å²) in [6.45, 7) is 0.912. The zero-order valence-corrected chi connectivity index (χ0v) is 16.1. The van der Waals surface area contributed by atoms with E-state index in [0.717, 1.165) is 47.9 Å². The van der Waals surface area contributed by atoms with Crippen LogP contribution >= 0.6 is 12.2 Å². The summed E-state index contributed by atoms with van der Waals surface area (Å²) in [6.07, 6.45) is 2.11. The van der Waals surface area contributed by atoms with E-state index < -0.39 is 0 Å². The van der Waals surface area contributed by atoms with Crippen molar-refractivity contribution >= 4 is 23.0 Å². The van der Waals surface area contributed by atoms with Crippen molar-refractivity contribution in [3.05, 3.63) is 48.0 Å². The molecule has 1 aliphatic heterocycles. The molecule has 0 spiro atoms. The normalized spacial score (nSPS) is 16.3. The van der Waals surface area contributed by atoms with Gasteiger partial charge in [-0.1, -0.05) is 6.07 Å². The van der Waals surface area contributed by atoms with Crippen LogP contribution in [-0.4, -0.2) is 37.9 Å². The van der Waals surface area contributed by atoms with Crippen LogP contribution in [0, 0.1) is 0 Å². The van der Waals surface area contributed by atoms with Crippen molar-refractivity contribution in [2.75, 3.05) is 33.2 Å². The molecule has 2 aromatic rings. The first-order valence-electron chi connectivity index (χ1n) is 8.60. The Morgan fingerprint density at radius 3 is 2.54 bits per heavy atom. The van der Waals surface area contributed by atoms with Crippen LogP contribution in [0.5, 0.6) is 17.2 Å². The standard InChI is InChI=1S/C20H24N2O3S/c1-23-15-7-4-6-14(12-15)21-20(26)22-11-5-8-18(22)17-10-9-16(24-2)13-19(17)25-3/h4,6-7,9-10,12-13,18H,5,8,11H2,1-3H3,(H,21,26)/t18-/m1/s1. The summed E-state index contributed by atoms with van der Waals surface area (Å²) in [5.41, 5.74) is 2.04. The summed E-state index contributed by atoms with van der Waals surface area (Å²) >= 11 is 5.69. The lowest BCUT2D eigenvalue weighted by Crippen LogP contribution is -2.34. The van der Waals surface area contributed by atoms with Gasteiger partial charge in [0.15, 0.2) is 5.11 Å². The van der Waals surface area contributed by atoms with E-state index in [-0.39, 0.29) is 6.04 Å². The van der Waals surface area contributed by atoms with Crippen molar-refractivity contribution in [3.63, 3.8) is 0 Å². The molecule has 1 atom stereocenters. The topological polar surface area (TPSA) is 43.0 Å². The minimum absolute atomic E-state index is 0.182. The average molecular weight is 372 g/mol. The molecule has 1 aliphatic rings. The number of rotatable bonds is 5. The molecule has 1 saturated heterocycles. The van der Waals surface area contributed by atoms with Gasteiger partial charge in [0.1, 0.15) is 17.2 Å². The van der Waals surface area contributed by atoms with E-state index >= 15 is 0 Å². The van der Waals surface area contributed by atoms with Crippen LogP contribution in [0.25, 0.3) is 0 Å². The monoisotopic (exact) mass is 372 g/mol. The maximum Gasteiger partial charge on any atom is 0.173 e. The van der Waals surface area contributed by atoms with Gasteiger partial charge in [-0.25, -0.2) is 0 Å². The van der Waals surface area contributed by atoms with Crippen molar-refractivity contribution in [1.82, 2.24) is 4.90 Å². The lowest BCUT2D eigenvalue weighted by molar-refractivity contribution is 0.362. The van der Waals surface area contributed by atoms with E-state index in [4.69, 9.17) is 26.4 Å². The number of ether oxygens (including phenoxy) is 3. The van der Waals surface area contributed by atoms with Crippen molar-refractivity contribution < 1.29 is 14.2 Å². The summed E-state index contributed by atoms with van der Waals surface area (Å²) in [7, 11) is 5.00. The van der Waals surface area contributed by atoms with Gasteiger partial charge in [-0.2, -0.15) is 0 Å². The molecule has 0 radical (unpaired) electrons. The maximum absolute atomic E-state index is 5.69. The zero-order valence-electron chi connectivity index (χ0n) is 15.3. The molecule has 1 N–H and O–H groups in total. The van der Waals surface area contributed by atoms with Gasteiger partial charge in [0, 0.05) is 29.9 Å². The van der Waals surface area contributed by atoms with Crippen molar-refractivity contribution in [2.45, 2.75) is 18.9 Å². The third-order valence-corrected chi connectivity index (χ3v) is 4.97. The molecule has 1 heterocycles. The Morgan fingerprint density at radius 2 is 1.81 bits per heavy atom. The lowest BCUT2D eigenvalue weighted by atomic mass is 10.0. The molecule has 0 aliphatic carbocycles. The second-order valence-corrected chi connectivity index (χ2v) is 6.51. The van der Waals surface area contributed by atoms with Gasteiger partial charge < -0.3 is 24.4 Å². The van der Waals surface area contributed by atoms with E-state index in [9.17, 15) is 0 Å². The molecule has 5 nitrogen and oxygen atoms in total. The Morgan fingerprint density at radius 1 is 1.04 bits per heavy atom. The second-order valence-electron chi connectivity index (χ2n) is 6.12. The van der Waals surface area contributed by atoms with Crippen molar-refractivity contribution in [3.8, 4) is 17.2 Å². The van der Waals surface area contributed by atoms with Gasteiger partial charge in [-0.15, -0.1) is 0 Å². The van der Waals surface area contributed by atoms with E-state index in [1.165, 1.54) is 0 Å². The van der Waals surface area contributed by atoms with E-state index in [2.05, 4.69) is 16.3 Å². The van der Waals surface area contributed by atoms with Crippen molar-refractivity contribution in [2.24, 2.45) is 0 Å². The number of nitrogens with one attached hydrogen (secondary N) is 1. The molecule has 0 unspecified atom stereocenters. The third-order valence-electron chi connectivity index (χ3n) is 4.63. The molecule has 138 valence electrons. The molecule has 0 amide bonds. The number of likely N-dealkylation sites (tertiary alicyclic amines) is 1. The maximum atomic E-state index is 5.69. The fraction of sp³-hybridized carbons (Fsp3) is 0.350. The molecule has 1 fully saturated rings. The van der Waals surface area contributed by atoms with Gasteiger partial charge in [-0.3, -0.25) is 0 Å². The Balaban J connectivity index is 1.80. The Kier molecular flexibility index (Phi) is 5.83. The van der Waals surface area contributed by atoms with E-state index in [0.29, 0.717) is 5.11 Å². The molecular weight excluding hydrogens is 348 g/mol. The predicted octanol–water partition coefficient (Wildman–Crippen LogP) is 4.25. The van der Waals surface area contributed by atoms with Crippen LogP contribution in [-0.2, 0) is 0 Å². The summed E-state index contributed by atoms with van der Waals surface area (Å²) < 4.78 is 16.2. The third kappa shape index (κ3) is 3.85. The quantitative estimate of drug-likeness (QED) is 0.792. The number of nitrogens with zero attached hydrogens (tertiary/aromatic N) is 1. The van der Waals surface area contributed by atoms with Crippen LogP contribution in [0.2, 0.25) is 0 Å². The fourth-order valence-corrected chi connectivity index (χ4v) is 3.66. The van der Waals surface area contributed by atoms with Gasteiger partial charge in [-0.05, 0) is 49.3 Å². The van der Waals surface area contributed by atoms with Gasteiger partial charge in [0.05, 0.1) is 27.4 Å². The average Bonchev–Trinajstić information content (AvgIpc) is 3.17. The van der Waals surface area contributed by atoms with E-state index in [1.54, 1.807) is 21.3 Å². The van der Waals surface area contributed by atoms with Crippen molar-refractivity contribution in [1.29, 1.82) is 0 Å². The highest BCUT2D eigenvalue weighted by Gasteiger charge is 2.30. The molecule has 3 rings (SSSR count). The first-order chi connectivity index (χ1) is 12.7. The number of hydrogen-bond donors (Lipinski definition) is 1. The minimum Gasteiger partial charge on any atom is -0.497 e. The lowest BCUT2D eigenvalue weighted by Gasteiger charge is -2.29. The molecule has 0 saturated carbocycles. The highest BCUT2D eigenvalue weighted by Crippen LogP contribution is 2.39. The highest BCUT2D eigenvalue weighted by molar-refractivity contribution is 7.80. The number of benzene rings is 2. The van der Waals surface area contributed by atoms with Crippen LogP contribution in [0.1, 0.15) is 24.4 Å². The zero-order chi connectivity index (χ0) is 18.5. The second kappa shape index (κ2) is 8.27. The van der Waals surface area contributed by atoms with Gasteiger partial charge >= 0.3 is 0 Å². The van der Waals surface area contributed by atoms with E-state index in [1.807, 2.05) is 36.4 Å². The van der Waals surface area contributed by atoms with Crippen LogP contribution in [0.3, 0.4) is 0 Å². The first kappa shape index (κ1) is 18.3. The van der Waals surface area contributed by atoms with Crippen LogP contribution in [0.15, 0.2) is 42.5 Å². The number of anilines is 1. The molecular formula is C20H24N2O3S. The smallest absolute Gasteiger partial charge is 0.173 e. The molecule has 6 heteroatoms. The summed E-state index contributed by atoms with van der Waals surface area (Å²) in [4.78, 5) is 2.22. The molecule has 0 bridgehead atoms. The Labute approximate surface area is 159 Å². The highest BCUT2D eigenvalue weighted by atomic mass is 32.1. The van der Waals surface area contributed by atoms with Gasteiger partial charge in [0.25, 0.3) is 0 Å². The summed E-state index contributed by atoms with van der Waals surface area (Å²) in [5, 5.41) is 4.04. The van der Waals surface area contributed by atoms with Crippen LogP contribution < -0.4 is 19.5 Å². The first-order valence-corrected chi connectivity index (χ1v) is 9.00. The molecule has 2 aromatic carbocycles. The van der Waals surface area contributed by atoms with Gasteiger partial charge in [0.2, 0.25) is 0 Å². The Hall–Kier alpha value is -2.47. The predicted molar refractivity (Wildman–Crippen MR) is 107 cm³/mol. The minimum atomic E-state index is 0.182. The van der Waals surface area contributed by atoms with Crippen LogP contribution in [0.4, 0.5) is 5.69 Å². The fourth-order valence-electron chi connectivity index (χ4n) is 3.32. The number of hydrogen-bond acceptors (Lipinski definition) is 4. The largest absolute Gasteiger partial charge is 0.497 e. The Bertz CT molecular complexity index is 781. The molecule has 26 heavy (non-hydrogen) atoms. The number of methoxy groups -OCH3 is 3. The summed E-state index contributed by atoms with van der Waals surface area (Å²) in [5.74, 6) is 2.41.